The van der Waals surface area contributed by atoms with E-state index in [-0.39, 0.29) is 80.4 Å². The molecular formula is C52H58O14. The first-order valence-corrected chi connectivity index (χ1v) is 22.4. The molecule has 0 saturated heterocycles. The molecule has 0 heterocycles. The molecule has 0 aliphatic heterocycles. The Labute approximate surface area is 385 Å². The molecule has 0 fully saturated rings. The lowest BCUT2D eigenvalue weighted by molar-refractivity contribution is -0.187. The van der Waals surface area contributed by atoms with Crippen molar-refractivity contribution in [2.45, 2.75) is 131 Å². The Kier molecular flexibility index (Phi) is 20.4. The molecule has 4 aromatic carbocycles. The van der Waals surface area contributed by atoms with Gasteiger partial charge in [-0.3, -0.25) is 28.8 Å². The third-order valence-corrected chi connectivity index (χ3v) is 10.3. The smallest absolute Gasteiger partial charge is 0.387 e. The van der Waals surface area contributed by atoms with E-state index in [0.29, 0.717) is 12.8 Å². The third kappa shape index (κ3) is 15.3. The van der Waals surface area contributed by atoms with E-state index in [1.165, 1.54) is 113 Å². The maximum absolute atomic E-state index is 14.3. The van der Waals surface area contributed by atoms with Crippen molar-refractivity contribution in [2.24, 2.45) is 0 Å². The van der Waals surface area contributed by atoms with Gasteiger partial charge in [0.2, 0.25) is 12.6 Å². The molecule has 4 aromatic rings. The number of ether oxygens (including phenoxy) is 4. The molecule has 2 unspecified atom stereocenters. The van der Waals surface area contributed by atoms with Gasteiger partial charge in [-0.2, -0.15) is 0 Å². The summed E-state index contributed by atoms with van der Waals surface area (Å²) in [4.78, 5) is 116. The number of hydrogen-bond acceptors (Lipinski definition) is 14. The second kappa shape index (κ2) is 26.1. The lowest BCUT2D eigenvalue weighted by Crippen LogP contribution is -2.22. The van der Waals surface area contributed by atoms with Crippen LogP contribution in [0.15, 0.2) is 84.9 Å². The van der Waals surface area contributed by atoms with E-state index in [2.05, 4.69) is 13.8 Å². The van der Waals surface area contributed by atoms with Gasteiger partial charge in [0, 0.05) is 62.8 Å². The van der Waals surface area contributed by atoms with Gasteiger partial charge < -0.3 is 18.9 Å². The molecule has 0 aliphatic carbocycles. The molecular weight excluding hydrogens is 849 g/mol. The second-order valence-corrected chi connectivity index (χ2v) is 15.7. The van der Waals surface area contributed by atoms with Crippen LogP contribution >= 0.6 is 0 Å². The number of benzene rings is 4. The number of Topliss-reactive ketones (excluding diaryl/α,β-unsaturated/α-hetero) is 2. The van der Waals surface area contributed by atoms with Crippen LogP contribution in [0.3, 0.4) is 0 Å². The Morgan fingerprint density at radius 2 is 0.788 bits per heavy atom. The zero-order chi connectivity index (χ0) is 48.2. The predicted molar refractivity (Wildman–Crippen MR) is 243 cm³/mol. The molecule has 0 aliphatic rings. The van der Waals surface area contributed by atoms with Crippen LogP contribution in [0.25, 0.3) is 0 Å². The minimum absolute atomic E-state index is 0.0316. The summed E-state index contributed by atoms with van der Waals surface area (Å²) < 4.78 is 21.8. The number of rotatable bonds is 26. The second-order valence-electron chi connectivity index (χ2n) is 15.7. The first-order chi connectivity index (χ1) is 31.6. The van der Waals surface area contributed by atoms with Crippen LogP contribution in [0, 0.1) is 0 Å². The van der Waals surface area contributed by atoms with Crippen molar-refractivity contribution in [2.75, 3.05) is 0 Å². The first-order valence-electron chi connectivity index (χ1n) is 22.4. The maximum atomic E-state index is 14.3. The molecule has 0 radical (unpaired) electrons. The highest BCUT2D eigenvalue weighted by Crippen LogP contribution is 2.30. The van der Waals surface area contributed by atoms with Gasteiger partial charge in [0.1, 0.15) is 11.5 Å². The van der Waals surface area contributed by atoms with Crippen LogP contribution in [-0.4, -0.2) is 59.6 Å². The number of carbonyl (C=O) groups excluding carboxylic acids is 8. The van der Waals surface area contributed by atoms with E-state index in [1.807, 2.05) is 0 Å². The number of carbonyl (C=O) groups is 8. The van der Waals surface area contributed by atoms with Crippen molar-refractivity contribution in [1.29, 1.82) is 0 Å². The highest BCUT2D eigenvalue weighted by molar-refractivity contribution is 6.18. The number of ketones is 4. The van der Waals surface area contributed by atoms with Crippen LogP contribution in [0.4, 0.5) is 0 Å². The number of unbranched alkanes of at least 4 members (excludes halogenated alkanes) is 8. The van der Waals surface area contributed by atoms with Crippen LogP contribution in [0.5, 0.6) is 11.5 Å². The molecule has 0 N–H and O–H groups in total. The average molecular weight is 907 g/mol. The SMILES string of the molecule is CCCCCCCC(=O)c1ccc(OC(C)OC(C)=O)c(C(=O)c2ccccc2C(=O)OOC(=O)c2ccccc2C(=O)c2cc(C(=O)CCCCCCC)ccc2OC(C)OC(C)=O)c1. The Bertz CT molecular complexity index is 2220. The molecule has 0 saturated carbocycles. The van der Waals surface area contributed by atoms with Gasteiger partial charge in [0.15, 0.2) is 23.1 Å². The molecule has 66 heavy (non-hydrogen) atoms. The summed E-state index contributed by atoms with van der Waals surface area (Å²) in [6.07, 6.45) is 7.54. The van der Waals surface area contributed by atoms with Gasteiger partial charge in [-0.15, -0.1) is 0 Å². The molecule has 2 atom stereocenters. The molecule has 14 nitrogen and oxygen atoms in total. The highest BCUT2D eigenvalue weighted by Gasteiger charge is 2.28. The highest BCUT2D eigenvalue weighted by atomic mass is 17.2. The Morgan fingerprint density at radius 1 is 0.439 bits per heavy atom. The fraction of sp³-hybridized carbons (Fsp3) is 0.385. The van der Waals surface area contributed by atoms with Gasteiger partial charge >= 0.3 is 23.9 Å². The number of hydrogen-bond donors (Lipinski definition) is 0. The first kappa shape index (κ1) is 51.7. The van der Waals surface area contributed by atoms with Crippen LogP contribution < -0.4 is 9.47 Å². The predicted octanol–water partition coefficient (Wildman–Crippen LogP) is 10.7. The monoisotopic (exact) mass is 906 g/mol. The average Bonchev–Trinajstić information content (AvgIpc) is 3.29. The Balaban J connectivity index is 1.61. The van der Waals surface area contributed by atoms with Crippen molar-refractivity contribution >= 4 is 47.0 Å². The molecule has 0 bridgehead atoms. The van der Waals surface area contributed by atoms with Crippen molar-refractivity contribution in [1.82, 2.24) is 0 Å². The standard InChI is InChI=1S/C52H58O14/c1-7-9-11-13-15-25-45(55)37-27-29-47(63-35(5)61-33(3)53)43(31-37)49(57)39-21-17-19-23-41(39)51(59)65-66-52(60)42-24-20-18-22-40(42)50(58)44-32-38(46(56)26-16-14-12-10-8-2)28-30-48(44)64-36(6)62-34(4)54/h17-24,27-32,35-36H,7-16,25-26H2,1-6H3. The fourth-order valence-corrected chi connectivity index (χ4v) is 7.08. The third-order valence-electron chi connectivity index (χ3n) is 10.3. The summed E-state index contributed by atoms with van der Waals surface area (Å²) in [5.74, 6) is -5.74. The van der Waals surface area contributed by atoms with Gasteiger partial charge in [0.05, 0.1) is 22.3 Å². The molecule has 350 valence electrons. The molecule has 0 aromatic heterocycles. The molecule has 0 amide bonds. The number of esters is 2. The van der Waals surface area contributed by atoms with E-state index in [4.69, 9.17) is 28.7 Å². The summed E-state index contributed by atoms with van der Waals surface area (Å²) in [7, 11) is 0. The van der Waals surface area contributed by atoms with Crippen LogP contribution in [-0.2, 0) is 28.8 Å². The maximum Gasteiger partial charge on any atom is 0.387 e. The van der Waals surface area contributed by atoms with Crippen molar-refractivity contribution in [3.63, 3.8) is 0 Å². The van der Waals surface area contributed by atoms with Crippen molar-refractivity contribution in [3.8, 4) is 11.5 Å². The lowest BCUT2D eigenvalue weighted by atomic mass is 9.94. The molecule has 14 heteroatoms. The Morgan fingerprint density at radius 3 is 1.14 bits per heavy atom. The Hall–Kier alpha value is -6.96. The normalized spacial score (nSPS) is 11.7. The van der Waals surface area contributed by atoms with Crippen molar-refractivity contribution < 1.29 is 67.1 Å². The molecule has 0 spiro atoms. The van der Waals surface area contributed by atoms with E-state index in [1.54, 1.807) is 0 Å². The quantitative estimate of drug-likeness (QED) is 0.0144. The van der Waals surface area contributed by atoms with E-state index >= 15 is 0 Å². The fourth-order valence-electron chi connectivity index (χ4n) is 7.08. The summed E-state index contributed by atoms with van der Waals surface area (Å²) >= 11 is 0. The van der Waals surface area contributed by atoms with E-state index < -0.39 is 48.0 Å². The zero-order valence-electron chi connectivity index (χ0n) is 38.4. The summed E-state index contributed by atoms with van der Waals surface area (Å²) in [6.45, 7) is 9.48. The van der Waals surface area contributed by atoms with Gasteiger partial charge in [-0.05, 0) is 61.4 Å². The molecule has 4 rings (SSSR count). The van der Waals surface area contributed by atoms with Crippen LogP contribution in [0.2, 0.25) is 0 Å². The largest absolute Gasteiger partial charge is 0.454 e. The summed E-state index contributed by atoms with van der Waals surface area (Å²) in [5.41, 5.74) is -0.792. The topological polar surface area (TPSA) is 192 Å². The van der Waals surface area contributed by atoms with Crippen LogP contribution in [0.1, 0.15) is 192 Å². The van der Waals surface area contributed by atoms with Crippen molar-refractivity contribution in [3.05, 3.63) is 129 Å². The summed E-state index contributed by atoms with van der Waals surface area (Å²) in [6, 6.07) is 19.7. The minimum Gasteiger partial charge on any atom is -0.454 e. The zero-order valence-corrected chi connectivity index (χ0v) is 38.4. The summed E-state index contributed by atoms with van der Waals surface area (Å²) in [5, 5.41) is 0. The van der Waals surface area contributed by atoms with Gasteiger partial charge in [-0.1, -0.05) is 102 Å². The van der Waals surface area contributed by atoms with E-state index in [9.17, 15) is 38.4 Å². The van der Waals surface area contributed by atoms with Gasteiger partial charge in [0.25, 0.3) is 0 Å². The minimum atomic E-state index is -1.25. The van der Waals surface area contributed by atoms with Gasteiger partial charge in [-0.25, -0.2) is 19.4 Å². The van der Waals surface area contributed by atoms with E-state index in [0.717, 1.165) is 51.4 Å². The lowest BCUT2D eigenvalue weighted by Gasteiger charge is -2.18.